The first kappa shape index (κ1) is 11.2. The van der Waals surface area contributed by atoms with Crippen molar-refractivity contribution < 1.29 is 4.79 Å². The Labute approximate surface area is 100 Å². The van der Waals surface area contributed by atoms with Gasteiger partial charge in [-0.3, -0.25) is 4.79 Å². The molecule has 0 radical (unpaired) electrons. The van der Waals surface area contributed by atoms with Crippen LogP contribution in [0.1, 0.15) is 10.4 Å². The SMILES string of the molecule is CNc1ccc(-c2cccc(C(N)=O)c2)cc1. The molecule has 0 aliphatic rings. The first-order valence-corrected chi connectivity index (χ1v) is 5.39. The normalized spacial score (nSPS) is 9.94. The largest absolute Gasteiger partial charge is 0.388 e. The quantitative estimate of drug-likeness (QED) is 0.844. The average Bonchev–Trinajstić information content (AvgIpc) is 2.39. The van der Waals surface area contributed by atoms with E-state index < -0.39 is 5.91 Å². The lowest BCUT2D eigenvalue weighted by atomic mass is 10.0. The van der Waals surface area contributed by atoms with Gasteiger partial charge < -0.3 is 11.1 Å². The fourth-order valence-corrected chi connectivity index (χ4v) is 1.68. The summed E-state index contributed by atoms with van der Waals surface area (Å²) in [6, 6.07) is 15.3. The van der Waals surface area contributed by atoms with Crippen molar-refractivity contribution in [3.63, 3.8) is 0 Å². The van der Waals surface area contributed by atoms with Gasteiger partial charge in [0.05, 0.1) is 0 Å². The third-order valence-electron chi connectivity index (χ3n) is 2.65. The van der Waals surface area contributed by atoms with E-state index in [4.69, 9.17) is 5.73 Å². The monoisotopic (exact) mass is 226 g/mol. The van der Waals surface area contributed by atoms with Gasteiger partial charge in [-0.15, -0.1) is 0 Å². The van der Waals surface area contributed by atoms with Crippen LogP contribution in [0.3, 0.4) is 0 Å². The van der Waals surface area contributed by atoms with Crippen LogP contribution in [0.2, 0.25) is 0 Å². The Bertz CT molecular complexity index is 532. The molecule has 2 rings (SSSR count). The molecule has 0 unspecified atom stereocenters. The number of carbonyl (C=O) groups is 1. The summed E-state index contributed by atoms with van der Waals surface area (Å²) in [4.78, 5) is 11.1. The lowest BCUT2D eigenvalue weighted by Gasteiger charge is -2.05. The molecule has 0 atom stereocenters. The summed E-state index contributed by atoms with van der Waals surface area (Å²) in [7, 11) is 1.88. The van der Waals surface area contributed by atoms with Crippen LogP contribution in [0.5, 0.6) is 0 Å². The molecular formula is C14H14N2O. The lowest BCUT2D eigenvalue weighted by Crippen LogP contribution is -2.10. The molecule has 0 bridgehead atoms. The lowest BCUT2D eigenvalue weighted by molar-refractivity contribution is 0.100. The van der Waals surface area contributed by atoms with E-state index in [2.05, 4.69) is 5.32 Å². The van der Waals surface area contributed by atoms with Gasteiger partial charge in [0, 0.05) is 18.3 Å². The minimum absolute atomic E-state index is 0.404. The highest BCUT2D eigenvalue weighted by atomic mass is 16.1. The van der Waals surface area contributed by atoms with E-state index in [-0.39, 0.29) is 0 Å². The van der Waals surface area contributed by atoms with Crippen molar-refractivity contribution in [2.24, 2.45) is 5.73 Å². The van der Waals surface area contributed by atoms with Gasteiger partial charge in [-0.2, -0.15) is 0 Å². The standard InChI is InChI=1S/C14H14N2O/c1-16-13-7-5-10(6-8-13)11-3-2-4-12(9-11)14(15)17/h2-9,16H,1H3,(H2,15,17). The van der Waals surface area contributed by atoms with E-state index in [0.717, 1.165) is 16.8 Å². The Balaban J connectivity index is 2.38. The van der Waals surface area contributed by atoms with Gasteiger partial charge in [0.25, 0.3) is 0 Å². The van der Waals surface area contributed by atoms with Crippen LogP contribution in [-0.2, 0) is 0 Å². The summed E-state index contributed by atoms with van der Waals surface area (Å²) < 4.78 is 0. The molecule has 3 nitrogen and oxygen atoms in total. The van der Waals surface area contributed by atoms with Crippen molar-refractivity contribution in [2.45, 2.75) is 0 Å². The van der Waals surface area contributed by atoms with E-state index in [0.29, 0.717) is 5.56 Å². The number of primary amides is 1. The second-order valence-electron chi connectivity index (χ2n) is 3.77. The van der Waals surface area contributed by atoms with Crippen LogP contribution < -0.4 is 11.1 Å². The van der Waals surface area contributed by atoms with Crippen molar-refractivity contribution in [2.75, 3.05) is 12.4 Å². The molecule has 0 aliphatic carbocycles. The highest BCUT2D eigenvalue weighted by Crippen LogP contribution is 2.22. The van der Waals surface area contributed by atoms with Gasteiger partial charge in [-0.05, 0) is 35.4 Å². The maximum absolute atomic E-state index is 11.1. The molecule has 0 heterocycles. The molecule has 17 heavy (non-hydrogen) atoms. The van der Waals surface area contributed by atoms with Gasteiger partial charge >= 0.3 is 0 Å². The first-order valence-electron chi connectivity index (χ1n) is 5.39. The second-order valence-corrected chi connectivity index (χ2v) is 3.77. The molecule has 1 amide bonds. The van der Waals surface area contributed by atoms with E-state index in [1.54, 1.807) is 12.1 Å². The highest BCUT2D eigenvalue weighted by molar-refractivity contribution is 5.94. The van der Waals surface area contributed by atoms with Crippen LogP contribution in [0.15, 0.2) is 48.5 Å². The molecule has 0 aliphatic heterocycles. The number of nitrogens with two attached hydrogens (primary N) is 1. The number of carbonyl (C=O) groups excluding carboxylic acids is 1. The van der Waals surface area contributed by atoms with Crippen molar-refractivity contribution in [1.82, 2.24) is 0 Å². The Kier molecular flexibility index (Phi) is 3.10. The van der Waals surface area contributed by atoms with E-state index >= 15 is 0 Å². The second kappa shape index (κ2) is 4.70. The predicted molar refractivity (Wildman–Crippen MR) is 69.9 cm³/mol. The van der Waals surface area contributed by atoms with Gasteiger partial charge in [0.2, 0.25) is 5.91 Å². The minimum atomic E-state index is -0.404. The smallest absolute Gasteiger partial charge is 0.248 e. The van der Waals surface area contributed by atoms with Gasteiger partial charge in [0.15, 0.2) is 0 Å². The molecular weight excluding hydrogens is 212 g/mol. The average molecular weight is 226 g/mol. The first-order chi connectivity index (χ1) is 8.20. The summed E-state index contributed by atoms with van der Waals surface area (Å²) in [6.07, 6.45) is 0. The van der Waals surface area contributed by atoms with Gasteiger partial charge in [0.1, 0.15) is 0 Å². The molecule has 0 aromatic heterocycles. The number of amides is 1. The summed E-state index contributed by atoms with van der Waals surface area (Å²) in [5, 5.41) is 3.06. The van der Waals surface area contributed by atoms with E-state index in [1.807, 2.05) is 43.4 Å². The third kappa shape index (κ3) is 2.45. The van der Waals surface area contributed by atoms with Crippen LogP contribution in [-0.4, -0.2) is 13.0 Å². The fraction of sp³-hybridized carbons (Fsp3) is 0.0714. The minimum Gasteiger partial charge on any atom is -0.388 e. The highest BCUT2D eigenvalue weighted by Gasteiger charge is 2.02. The molecule has 86 valence electrons. The van der Waals surface area contributed by atoms with Gasteiger partial charge in [-0.25, -0.2) is 0 Å². The van der Waals surface area contributed by atoms with Crippen molar-refractivity contribution in [3.05, 3.63) is 54.1 Å². The Morgan fingerprint density at radius 1 is 1.06 bits per heavy atom. The van der Waals surface area contributed by atoms with Crippen LogP contribution in [0.4, 0.5) is 5.69 Å². The number of nitrogens with one attached hydrogen (secondary N) is 1. The van der Waals surface area contributed by atoms with Crippen LogP contribution in [0, 0.1) is 0 Å². The number of anilines is 1. The molecule has 3 N–H and O–H groups in total. The van der Waals surface area contributed by atoms with E-state index in [1.165, 1.54) is 0 Å². The van der Waals surface area contributed by atoms with Crippen LogP contribution >= 0.6 is 0 Å². The molecule has 0 spiro atoms. The molecule has 0 saturated heterocycles. The van der Waals surface area contributed by atoms with Crippen molar-refractivity contribution in [3.8, 4) is 11.1 Å². The van der Waals surface area contributed by atoms with Gasteiger partial charge in [-0.1, -0.05) is 24.3 Å². The number of hydrogen-bond acceptors (Lipinski definition) is 2. The Morgan fingerprint density at radius 3 is 2.35 bits per heavy atom. The van der Waals surface area contributed by atoms with Crippen LogP contribution in [0.25, 0.3) is 11.1 Å². The van der Waals surface area contributed by atoms with Crippen molar-refractivity contribution in [1.29, 1.82) is 0 Å². The third-order valence-corrected chi connectivity index (χ3v) is 2.65. The molecule has 3 heteroatoms. The number of rotatable bonds is 3. The topological polar surface area (TPSA) is 55.1 Å². The fourth-order valence-electron chi connectivity index (χ4n) is 1.68. The summed E-state index contributed by atoms with van der Waals surface area (Å²) in [6.45, 7) is 0. The van der Waals surface area contributed by atoms with Crippen molar-refractivity contribution >= 4 is 11.6 Å². The number of hydrogen-bond donors (Lipinski definition) is 2. The maximum Gasteiger partial charge on any atom is 0.248 e. The zero-order valence-electron chi connectivity index (χ0n) is 9.60. The summed E-state index contributed by atoms with van der Waals surface area (Å²) in [5.41, 5.74) is 8.89. The molecule has 2 aromatic carbocycles. The zero-order chi connectivity index (χ0) is 12.3. The van der Waals surface area contributed by atoms with E-state index in [9.17, 15) is 4.79 Å². The zero-order valence-corrected chi connectivity index (χ0v) is 9.60. The number of benzene rings is 2. The Hall–Kier alpha value is -2.29. The summed E-state index contributed by atoms with van der Waals surface area (Å²) >= 11 is 0. The molecule has 2 aromatic rings. The predicted octanol–water partition coefficient (Wildman–Crippen LogP) is 2.49. The summed E-state index contributed by atoms with van der Waals surface area (Å²) in [5.74, 6) is -0.404. The maximum atomic E-state index is 11.1. The molecule has 0 saturated carbocycles. The Morgan fingerprint density at radius 2 is 1.76 bits per heavy atom. The molecule has 0 fully saturated rings.